The molecule has 2 aromatic rings. The summed E-state index contributed by atoms with van der Waals surface area (Å²) in [6.45, 7) is 1.95. The second-order valence-corrected chi connectivity index (χ2v) is 4.66. The van der Waals surface area contributed by atoms with Crippen molar-refractivity contribution in [2.24, 2.45) is 0 Å². The van der Waals surface area contributed by atoms with Gasteiger partial charge in [-0.25, -0.2) is 0 Å². The Bertz CT molecular complexity index is 554. The van der Waals surface area contributed by atoms with E-state index < -0.39 is 4.92 Å². The first kappa shape index (κ1) is 12.6. The van der Waals surface area contributed by atoms with Gasteiger partial charge in [-0.05, 0) is 41.1 Å². The number of nitrogens with zero attached hydrogens (tertiary/aromatic N) is 1. The molecule has 0 aliphatic heterocycles. The van der Waals surface area contributed by atoms with Crippen molar-refractivity contribution in [3.05, 3.63) is 56.9 Å². The molecule has 5 nitrogen and oxygen atoms in total. The maximum atomic E-state index is 10.6. The van der Waals surface area contributed by atoms with Gasteiger partial charge in [-0.3, -0.25) is 10.1 Å². The van der Waals surface area contributed by atoms with E-state index in [9.17, 15) is 10.1 Å². The zero-order valence-corrected chi connectivity index (χ0v) is 11.2. The Labute approximate surface area is 112 Å². The molecule has 0 radical (unpaired) electrons. The number of halogens is 1. The minimum atomic E-state index is -0.426. The molecule has 0 aliphatic carbocycles. The third-order valence-electron chi connectivity index (χ3n) is 2.51. The van der Waals surface area contributed by atoms with Gasteiger partial charge in [-0.2, -0.15) is 0 Å². The molecule has 0 saturated carbocycles. The van der Waals surface area contributed by atoms with Gasteiger partial charge in [0.05, 0.1) is 17.2 Å². The third kappa shape index (κ3) is 2.70. The van der Waals surface area contributed by atoms with Crippen LogP contribution in [0.5, 0.6) is 0 Å². The number of nitrogens with one attached hydrogen (secondary N) is 1. The average molecular weight is 311 g/mol. The molecule has 0 amide bonds. The van der Waals surface area contributed by atoms with Gasteiger partial charge in [0, 0.05) is 22.3 Å². The minimum Gasteiger partial charge on any atom is -0.467 e. The highest BCUT2D eigenvalue weighted by molar-refractivity contribution is 9.10. The Morgan fingerprint density at radius 3 is 2.78 bits per heavy atom. The highest BCUT2D eigenvalue weighted by atomic mass is 79.9. The number of rotatable bonds is 4. The average Bonchev–Trinajstić information content (AvgIpc) is 2.85. The Balaban J connectivity index is 2.17. The molecular formula is C12H11BrN2O3. The highest BCUT2D eigenvalue weighted by Gasteiger charge is 2.12. The lowest BCUT2D eigenvalue weighted by Crippen LogP contribution is -2.06. The molecule has 94 valence electrons. The van der Waals surface area contributed by atoms with Gasteiger partial charge in [0.1, 0.15) is 5.76 Å². The molecular weight excluding hydrogens is 300 g/mol. The van der Waals surface area contributed by atoms with Crippen LogP contribution in [0.2, 0.25) is 0 Å². The van der Waals surface area contributed by atoms with Crippen LogP contribution in [0.15, 0.2) is 45.5 Å². The first-order chi connectivity index (χ1) is 8.58. The summed E-state index contributed by atoms with van der Waals surface area (Å²) in [7, 11) is 0. The van der Waals surface area contributed by atoms with E-state index in [1.807, 2.05) is 19.1 Å². The van der Waals surface area contributed by atoms with Crippen molar-refractivity contribution >= 4 is 27.3 Å². The summed E-state index contributed by atoms with van der Waals surface area (Å²) in [6, 6.07) is 8.27. The molecule has 0 spiro atoms. The van der Waals surface area contributed by atoms with Crippen LogP contribution < -0.4 is 5.32 Å². The molecule has 6 heteroatoms. The summed E-state index contributed by atoms with van der Waals surface area (Å²) < 4.78 is 5.93. The van der Waals surface area contributed by atoms with Gasteiger partial charge in [0.2, 0.25) is 0 Å². The molecule has 0 bridgehead atoms. The number of hydrogen-bond acceptors (Lipinski definition) is 4. The van der Waals surface area contributed by atoms with Crippen molar-refractivity contribution in [1.82, 2.24) is 0 Å². The summed E-state index contributed by atoms with van der Waals surface area (Å²) in [5, 5.41) is 13.8. The van der Waals surface area contributed by atoms with E-state index in [-0.39, 0.29) is 11.7 Å². The Morgan fingerprint density at radius 2 is 2.22 bits per heavy atom. The van der Waals surface area contributed by atoms with Crippen molar-refractivity contribution in [2.45, 2.75) is 13.0 Å². The fourth-order valence-corrected chi connectivity index (χ4v) is 2.06. The van der Waals surface area contributed by atoms with Crippen LogP contribution in [0.25, 0.3) is 0 Å². The molecule has 1 aromatic carbocycles. The SMILES string of the molecule is CC(Nc1ccc([N+](=O)[O-])cc1Br)c1ccco1. The number of anilines is 1. The second-order valence-electron chi connectivity index (χ2n) is 3.80. The van der Waals surface area contributed by atoms with E-state index >= 15 is 0 Å². The van der Waals surface area contributed by atoms with Crippen LogP contribution in [0.4, 0.5) is 11.4 Å². The molecule has 1 heterocycles. The van der Waals surface area contributed by atoms with Crippen LogP contribution >= 0.6 is 15.9 Å². The van der Waals surface area contributed by atoms with E-state index in [4.69, 9.17) is 4.42 Å². The smallest absolute Gasteiger partial charge is 0.270 e. The van der Waals surface area contributed by atoms with E-state index in [0.717, 1.165) is 11.4 Å². The zero-order valence-electron chi connectivity index (χ0n) is 9.59. The van der Waals surface area contributed by atoms with Crippen molar-refractivity contribution < 1.29 is 9.34 Å². The van der Waals surface area contributed by atoms with Gasteiger partial charge < -0.3 is 9.73 Å². The molecule has 0 fully saturated rings. The summed E-state index contributed by atoms with van der Waals surface area (Å²) in [5.74, 6) is 0.806. The summed E-state index contributed by atoms with van der Waals surface area (Å²) in [5.41, 5.74) is 0.836. The Morgan fingerprint density at radius 1 is 1.44 bits per heavy atom. The van der Waals surface area contributed by atoms with Crippen molar-refractivity contribution in [3.63, 3.8) is 0 Å². The fraction of sp³-hybridized carbons (Fsp3) is 0.167. The van der Waals surface area contributed by atoms with Crippen molar-refractivity contribution in [2.75, 3.05) is 5.32 Å². The highest BCUT2D eigenvalue weighted by Crippen LogP contribution is 2.30. The molecule has 1 unspecified atom stereocenters. The summed E-state index contributed by atoms with van der Waals surface area (Å²) in [6.07, 6.45) is 1.61. The lowest BCUT2D eigenvalue weighted by Gasteiger charge is -2.14. The monoisotopic (exact) mass is 310 g/mol. The van der Waals surface area contributed by atoms with E-state index in [1.165, 1.54) is 12.1 Å². The molecule has 2 rings (SSSR count). The minimum absolute atomic E-state index is 0.0160. The molecule has 1 atom stereocenters. The van der Waals surface area contributed by atoms with Gasteiger partial charge in [-0.15, -0.1) is 0 Å². The zero-order chi connectivity index (χ0) is 13.1. The molecule has 18 heavy (non-hydrogen) atoms. The molecule has 0 aliphatic rings. The maximum absolute atomic E-state index is 10.6. The number of furan rings is 1. The van der Waals surface area contributed by atoms with Gasteiger partial charge in [-0.1, -0.05) is 0 Å². The first-order valence-electron chi connectivity index (χ1n) is 5.32. The van der Waals surface area contributed by atoms with Crippen LogP contribution in [-0.4, -0.2) is 4.92 Å². The quantitative estimate of drug-likeness (QED) is 0.681. The molecule has 1 aromatic heterocycles. The van der Waals surface area contributed by atoms with Gasteiger partial charge in [0.15, 0.2) is 0 Å². The number of nitro groups is 1. The van der Waals surface area contributed by atoms with Crippen molar-refractivity contribution in [3.8, 4) is 0 Å². The standard InChI is InChI=1S/C12H11BrN2O3/c1-8(12-3-2-6-18-12)14-11-5-4-9(15(16)17)7-10(11)13/h2-8,14H,1H3. The number of nitro benzene ring substituents is 1. The predicted octanol–water partition coefficient (Wildman–Crippen LogP) is 4.12. The predicted molar refractivity (Wildman–Crippen MR) is 71.5 cm³/mol. The normalized spacial score (nSPS) is 12.1. The fourth-order valence-electron chi connectivity index (χ4n) is 1.58. The molecule has 0 saturated heterocycles. The number of hydrogen-bond donors (Lipinski definition) is 1. The maximum Gasteiger partial charge on any atom is 0.270 e. The van der Waals surface area contributed by atoms with E-state index in [0.29, 0.717) is 4.47 Å². The number of benzene rings is 1. The van der Waals surface area contributed by atoms with E-state index in [2.05, 4.69) is 21.2 Å². The van der Waals surface area contributed by atoms with Crippen LogP contribution in [0.1, 0.15) is 18.7 Å². The largest absolute Gasteiger partial charge is 0.467 e. The molecule has 1 N–H and O–H groups in total. The van der Waals surface area contributed by atoms with Crippen LogP contribution in [0.3, 0.4) is 0 Å². The van der Waals surface area contributed by atoms with E-state index in [1.54, 1.807) is 12.3 Å². The summed E-state index contributed by atoms with van der Waals surface area (Å²) >= 11 is 3.31. The lowest BCUT2D eigenvalue weighted by molar-refractivity contribution is -0.384. The van der Waals surface area contributed by atoms with Crippen LogP contribution in [-0.2, 0) is 0 Å². The third-order valence-corrected chi connectivity index (χ3v) is 3.16. The summed E-state index contributed by atoms with van der Waals surface area (Å²) in [4.78, 5) is 10.2. The topological polar surface area (TPSA) is 68.3 Å². The lowest BCUT2D eigenvalue weighted by atomic mass is 10.2. The Kier molecular flexibility index (Phi) is 3.66. The first-order valence-corrected chi connectivity index (χ1v) is 6.11. The van der Waals surface area contributed by atoms with Crippen molar-refractivity contribution in [1.29, 1.82) is 0 Å². The van der Waals surface area contributed by atoms with Gasteiger partial charge in [0.25, 0.3) is 5.69 Å². The van der Waals surface area contributed by atoms with Gasteiger partial charge >= 0.3 is 0 Å². The Hall–Kier alpha value is -1.82. The second kappa shape index (κ2) is 5.22. The number of non-ortho nitro benzene ring substituents is 1. The van der Waals surface area contributed by atoms with Crippen LogP contribution in [0, 0.1) is 10.1 Å².